The van der Waals surface area contributed by atoms with Crippen LogP contribution in [0.3, 0.4) is 0 Å². The molecule has 0 aliphatic rings. The molecule has 3 aromatic rings. The smallest absolute Gasteiger partial charge is 0.255 e. The van der Waals surface area contributed by atoms with Crippen molar-refractivity contribution in [3.8, 4) is 5.75 Å². The number of primary amides is 1. The van der Waals surface area contributed by atoms with Crippen LogP contribution in [0.5, 0.6) is 5.75 Å². The molecular formula is C17H13N3O3. The highest BCUT2D eigenvalue weighted by Gasteiger charge is 2.12. The largest absolute Gasteiger partial charge is 0.507 e. The number of phenols is 1. The molecule has 6 nitrogen and oxygen atoms in total. The van der Waals surface area contributed by atoms with Gasteiger partial charge in [-0.1, -0.05) is 6.07 Å². The van der Waals surface area contributed by atoms with Gasteiger partial charge < -0.3 is 16.2 Å². The quantitative estimate of drug-likeness (QED) is 0.690. The van der Waals surface area contributed by atoms with Crippen molar-refractivity contribution < 1.29 is 14.7 Å². The maximum Gasteiger partial charge on any atom is 0.255 e. The second-order valence-corrected chi connectivity index (χ2v) is 4.96. The van der Waals surface area contributed by atoms with Gasteiger partial charge in [0.05, 0.1) is 11.1 Å². The molecule has 0 fully saturated rings. The second-order valence-electron chi connectivity index (χ2n) is 4.96. The fraction of sp³-hybridized carbons (Fsp3) is 0. The molecule has 0 bridgehead atoms. The summed E-state index contributed by atoms with van der Waals surface area (Å²) in [7, 11) is 0. The lowest BCUT2D eigenvalue weighted by molar-refractivity contribution is 0.0992. The Morgan fingerprint density at radius 3 is 2.65 bits per heavy atom. The van der Waals surface area contributed by atoms with Crippen LogP contribution in [0.2, 0.25) is 0 Å². The summed E-state index contributed by atoms with van der Waals surface area (Å²) < 4.78 is 0. The van der Waals surface area contributed by atoms with Gasteiger partial charge in [0.1, 0.15) is 5.75 Å². The molecule has 0 spiro atoms. The van der Waals surface area contributed by atoms with Crippen LogP contribution in [-0.4, -0.2) is 21.9 Å². The zero-order valence-corrected chi connectivity index (χ0v) is 12.0. The molecule has 1 aromatic heterocycles. The molecule has 0 saturated heterocycles. The van der Waals surface area contributed by atoms with E-state index in [9.17, 15) is 14.7 Å². The van der Waals surface area contributed by atoms with Crippen molar-refractivity contribution in [3.63, 3.8) is 0 Å². The minimum atomic E-state index is -0.753. The van der Waals surface area contributed by atoms with Gasteiger partial charge in [-0.05, 0) is 42.5 Å². The Balaban J connectivity index is 1.85. The number of fused-ring (bicyclic) bond motifs is 1. The van der Waals surface area contributed by atoms with Gasteiger partial charge in [-0.25, -0.2) is 0 Å². The van der Waals surface area contributed by atoms with Crippen LogP contribution in [0.15, 0.2) is 54.7 Å². The Morgan fingerprint density at radius 2 is 1.91 bits per heavy atom. The number of carbonyl (C=O) groups excluding carboxylic acids is 2. The van der Waals surface area contributed by atoms with Gasteiger partial charge in [0.25, 0.3) is 11.8 Å². The van der Waals surface area contributed by atoms with Gasteiger partial charge in [0.15, 0.2) is 0 Å². The van der Waals surface area contributed by atoms with E-state index in [1.165, 1.54) is 18.2 Å². The minimum absolute atomic E-state index is 0.0293. The number of amides is 2. The normalized spacial score (nSPS) is 10.4. The standard InChI is InChI=1S/C17H13N3O3/c18-16(22)13-5-3-11(9-15(13)21)17(23)20-12-4-6-14-10(8-12)2-1-7-19-14/h1-9,21H,(H2,18,22)(H,20,23). The second kappa shape index (κ2) is 5.76. The fourth-order valence-corrected chi connectivity index (χ4v) is 2.24. The molecule has 6 heteroatoms. The van der Waals surface area contributed by atoms with Crippen LogP contribution in [0.1, 0.15) is 20.7 Å². The molecule has 0 aliphatic carbocycles. The van der Waals surface area contributed by atoms with Crippen LogP contribution < -0.4 is 11.1 Å². The topological polar surface area (TPSA) is 105 Å². The zero-order valence-electron chi connectivity index (χ0n) is 12.0. The number of rotatable bonds is 3. The number of pyridine rings is 1. The van der Waals surface area contributed by atoms with Crippen LogP contribution in [0.4, 0.5) is 5.69 Å². The molecule has 0 unspecified atom stereocenters. The van der Waals surface area contributed by atoms with E-state index in [1.807, 2.05) is 12.1 Å². The number of nitrogens with zero attached hydrogens (tertiary/aromatic N) is 1. The molecule has 114 valence electrons. The van der Waals surface area contributed by atoms with Gasteiger partial charge in [-0.15, -0.1) is 0 Å². The van der Waals surface area contributed by atoms with Gasteiger partial charge in [0, 0.05) is 22.8 Å². The van der Waals surface area contributed by atoms with Crippen molar-refractivity contribution in [1.82, 2.24) is 4.98 Å². The molecule has 0 saturated carbocycles. The lowest BCUT2D eigenvalue weighted by Gasteiger charge is -2.08. The first-order valence-corrected chi connectivity index (χ1v) is 6.83. The van der Waals surface area contributed by atoms with Gasteiger partial charge >= 0.3 is 0 Å². The van der Waals surface area contributed by atoms with Gasteiger partial charge in [-0.2, -0.15) is 0 Å². The summed E-state index contributed by atoms with van der Waals surface area (Å²) in [5.41, 5.74) is 6.74. The van der Waals surface area contributed by atoms with Crippen molar-refractivity contribution >= 4 is 28.4 Å². The molecule has 1 heterocycles. The monoisotopic (exact) mass is 307 g/mol. The van der Waals surface area contributed by atoms with Crippen LogP contribution >= 0.6 is 0 Å². The summed E-state index contributed by atoms with van der Waals surface area (Å²) in [6, 6.07) is 13.0. The predicted molar refractivity (Wildman–Crippen MR) is 86.3 cm³/mol. The molecule has 23 heavy (non-hydrogen) atoms. The third-order valence-corrected chi connectivity index (χ3v) is 3.39. The highest BCUT2D eigenvalue weighted by atomic mass is 16.3. The van der Waals surface area contributed by atoms with E-state index >= 15 is 0 Å². The first-order chi connectivity index (χ1) is 11.0. The van der Waals surface area contributed by atoms with E-state index in [1.54, 1.807) is 24.4 Å². The summed E-state index contributed by atoms with van der Waals surface area (Å²) in [4.78, 5) is 27.5. The zero-order chi connectivity index (χ0) is 16.4. The lowest BCUT2D eigenvalue weighted by Crippen LogP contribution is -2.14. The van der Waals surface area contributed by atoms with Crippen molar-refractivity contribution in [2.45, 2.75) is 0 Å². The first kappa shape index (κ1) is 14.5. The number of hydrogen-bond acceptors (Lipinski definition) is 4. The average Bonchev–Trinajstić information content (AvgIpc) is 2.54. The van der Waals surface area contributed by atoms with Crippen molar-refractivity contribution in [2.75, 3.05) is 5.32 Å². The Bertz CT molecular complexity index is 922. The molecular weight excluding hydrogens is 294 g/mol. The summed E-state index contributed by atoms with van der Waals surface area (Å²) in [5.74, 6) is -1.48. The molecule has 2 aromatic carbocycles. The molecule has 3 rings (SSSR count). The lowest BCUT2D eigenvalue weighted by atomic mass is 10.1. The Hall–Kier alpha value is -3.41. The summed E-state index contributed by atoms with van der Waals surface area (Å²) in [5, 5.41) is 13.4. The van der Waals surface area contributed by atoms with E-state index in [-0.39, 0.29) is 16.9 Å². The fourth-order valence-electron chi connectivity index (χ4n) is 2.24. The third-order valence-electron chi connectivity index (χ3n) is 3.39. The number of hydrogen-bond donors (Lipinski definition) is 3. The van der Waals surface area contributed by atoms with Crippen LogP contribution in [0.25, 0.3) is 10.9 Å². The minimum Gasteiger partial charge on any atom is -0.507 e. The SMILES string of the molecule is NC(=O)c1ccc(C(=O)Nc2ccc3ncccc3c2)cc1O. The average molecular weight is 307 g/mol. The number of benzene rings is 2. The van der Waals surface area contributed by atoms with E-state index in [4.69, 9.17) is 5.73 Å². The molecule has 2 amide bonds. The number of carbonyl (C=O) groups is 2. The number of nitrogens with two attached hydrogens (primary N) is 1. The summed E-state index contributed by atoms with van der Waals surface area (Å²) >= 11 is 0. The molecule has 0 aliphatic heterocycles. The van der Waals surface area contributed by atoms with Crippen molar-refractivity contribution in [3.05, 3.63) is 65.9 Å². The first-order valence-electron chi connectivity index (χ1n) is 6.83. The van der Waals surface area contributed by atoms with Gasteiger partial charge in [0.2, 0.25) is 0 Å². The summed E-state index contributed by atoms with van der Waals surface area (Å²) in [6.45, 7) is 0. The van der Waals surface area contributed by atoms with Crippen LogP contribution in [0, 0.1) is 0 Å². The molecule has 4 N–H and O–H groups in total. The maximum absolute atomic E-state index is 12.2. The number of nitrogens with one attached hydrogen (secondary N) is 1. The van der Waals surface area contributed by atoms with E-state index in [0.717, 1.165) is 10.9 Å². The number of aromatic hydroxyl groups is 1. The van der Waals surface area contributed by atoms with Gasteiger partial charge in [-0.3, -0.25) is 14.6 Å². The Kier molecular flexibility index (Phi) is 3.64. The van der Waals surface area contributed by atoms with E-state index < -0.39 is 11.8 Å². The highest BCUT2D eigenvalue weighted by Crippen LogP contribution is 2.21. The third kappa shape index (κ3) is 2.96. The van der Waals surface area contributed by atoms with E-state index in [0.29, 0.717) is 5.69 Å². The maximum atomic E-state index is 12.2. The predicted octanol–water partition coefficient (Wildman–Crippen LogP) is 2.29. The molecule has 0 radical (unpaired) electrons. The van der Waals surface area contributed by atoms with Crippen molar-refractivity contribution in [1.29, 1.82) is 0 Å². The number of aromatic nitrogens is 1. The van der Waals surface area contributed by atoms with E-state index in [2.05, 4.69) is 10.3 Å². The highest BCUT2D eigenvalue weighted by molar-refractivity contribution is 6.06. The van der Waals surface area contributed by atoms with Crippen molar-refractivity contribution in [2.24, 2.45) is 5.73 Å². The Morgan fingerprint density at radius 1 is 1.09 bits per heavy atom. The molecule has 0 atom stereocenters. The number of anilines is 1. The van der Waals surface area contributed by atoms with Crippen LogP contribution in [-0.2, 0) is 0 Å². The summed E-state index contributed by atoms with van der Waals surface area (Å²) in [6.07, 6.45) is 1.70. The Labute approximate surface area is 131 Å².